The fourth-order valence-corrected chi connectivity index (χ4v) is 6.09. The topological polar surface area (TPSA) is 99.7 Å². The highest BCUT2D eigenvalue weighted by Crippen LogP contribution is 2.39. The highest BCUT2D eigenvalue weighted by Gasteiger charge is 2.36. The molecule has 6 rings (SSSR count). The van der Waals surface area contributed by atoms with Crippen molar-refractivity contribution in [1.29, 1.82) is 0 Å². The van der Waals surface area contributed by atoms with E-state index in [4.69, 9.17) is 23.2 Å². The van der Waals surface area contributed by atoms with Crippen molar-refractivity contribution < 1.29 is 19.2 Å². The lowest BCUT2D eigenvalue weighted by Crippen LogP contribution is -2.32. The Morgan fingerprint density at radius 3 is 2.33 bits per heavy atom. The highest BCUT2D eigenvalue weighted by atomic mass is 35.5. The van der Waals surface area contributed by atoms with Crippen LogP contribution in [0.25, 0.3) is 0 Å². The molecule has 0 saturated carbocycles. The van der Waals surface area contributed by atoms with Gasteiger partial charge in [-0.2, -0.15) is 0 Å². The quantitative estimate of drug-likeness (QED) is 0.240. The largest absolute Gasteiger partial charge is 0.308 e. The van der Waals surface area contributed by atoms with Crippen molar-refractivity contribution >= 4 is 58.3 Å². The third-order valence-electron chi connectivity index (χ3n) is 7.85. The molecule has 1 aromatic heterocycles. The van der Waals surface area contributed by atoms with Crippen LogP contribution in [0.3, 0.4) is 0 Å². The van der Waals surface area contributed by atoms with Crippen molar-refractivity contribution in [1.82, 2.24) is 9.88 Å². The molecule has 1 unspecified atom stereocenters. The predicted molar refractivity (Wildman–Crippen MR) is 165 cm³/mol. The lowest BCUT2D eigenvalue weighted by molar-refractivity contribution is 0.0648. The molecular weight excluding hydrogens is 587 g/mol. The van der Waals surface area contributed by atoms with Gasteiger partial charge in [0.05, 0.1) is 27.3 Å². The molecular formula is C33H26Cl2N4O4. The summed E-state index contributed by atoms with van der Waals surface area (Å²) in [5.41, 5.74) is 3.17. The first-order valence-electron chi connectivity index (χ1n) is 13.9. The molecule has 3 heterocycles. The van der Waals surface area contributed by atoms with E-state index in [1.165, 1.54) is 11.1 Å². The van der Waals surface area contributed by atoms with Crippen LogP contribution >= 0.6 is 23.2 Å². The molecule has 216 valence electrons. The Labute approximate surface area is 258 Å². The zero-order chi connectivity index (χ0) is 30.1. The fourth-order valence-electron chi connectivity index (χ4n) is 5.69. The van der Waals surface area contributed by atoms with Crippen molar-refractivity contribution in [2.24, 2.45) is 0 Å². The number of nitrogens with one attached hydrogen (secondary N) is 1. The summed E-state index contributed by atoms with van der Waals surface area (Å²) in [7, 11) is 0. The average molecular weight is 614 g/mol. The highest BCUT2D eigenvalue weighted by molar-refractivity contribution is 6.34. The van der Waals surface area contributed by atoms with E-state index in [-0.39, 0.29) is 36.0 Å². The summed E-state index contributed by atoms with van der Waals surface area (Å²) in [5.74, 6) is -0.925. The van der Waals surface area contributed by atoms with Crippen molar-refractivity contribution in [3.05, 3.63) is 123 Å². The van der Waals surface area contributed by atoms with Gasteiger partial charge in [0.2, 0.25) is 0 Å². The molecule has 3 aromatic carbocycles. The van der Waals surface area contributed by atoms with Gasteiger partial charge >= 0.3 is 0 Å². The number of nitrogens with zero attached hydrogens (tertiary/aromatic N) is 3. The average Bonchev–Trinajstić information content (AvgIpc) is 3.13. The molecule has 2 aliphatic rings. The number of aromatic nitrogens is 1. The van der Waals surface area contributed by atoms with Crippen LogP contribution < -0.4 is 10.2 Å². The fraction of sp³-hybridized carbons (Fsp3) is 0.182. The van der Waals surface area contributed by atoms with Crippen molar-refractivity contribution in [2.45, 2.75) is 25.2 Å². The monoisotopic (exact) mass is 612 g/mol. The van der Waals surface area contributed by atoms with Crippen molar-refractivity contribution in [3.8, 4) is 0 Å². The van der Waals surface area contributed by atoms with E-state index in [1.807, 2.05) is 12.1 Å². The van der Waals surface area contributed by atoms with E-state index in [1.54, 1.807) is 71.6 Å². The number of halogens is 2. The number of carbonyl (C=O) groups is 4. The van der Waals surface area contributed by atoms with Crippen LogP contribution in [0.15, 0.2) is 85.1 Å². The summed E-state index contributed by atoms with van der Waals surface area (Å²) in [5, 5.41) is 3.57. The Morgan fingerprint density at radius 1 is 0.907 bits per heavy atom. The second-order valence-corrected chi connectivity index (χ2v) is 11.3. The molecule has 0 radical (unpaired) electrons. The molecule has 0 bridgehead atoms. The normalized spacial score (nSPS) is 16.0. The smallest absolute Gasteiger partial charge is 0.261 e. The third-order valence-corrected chi connectivity index (χ3v) is 8.41. The maximum absolute atomic E-state index is 13.7. The second-order valence-electron chi connectivity index (χ2n) is 10.5. The molecule has 1 atom stereocenters. The number of fused-ring (bicyclic) bond motifs is 2. The van der Waals surface area contributed by atoms with Gasteiger partial charge in [0.1, 0.15) is 5.82 Å². The number of carbonyl (C=O) groups excluding carboxylic acids is 4. The molecule has 0 saturated heterocycles. The van der Waals surface area contributed by atoms with Gasteiger partial charge in [-0.05, 0) is 85.3 Å². The molecule has 0 fully saturated rings. The Balaban J connectivity index is 1.19. The summed E-state index contributed by atoms with van der Waals surface area (Å²) >= 11 is 12.5. The van der Waals surface area contributed by atoms with E-state index in [0.717, 1.165) is 17.7 Å². The van der Waals surface area contributed by atoms with Gasteiger partial charge in [-0.25, -0.2) is 4.98 Å². The SMILES string of the molecule is O=C(Nc1ccc(C(=O)N2CCCC(CCN3C(=O)c4ccccc4C3=O)c3cc(Cl)ccc32)cn1)c1ccccc1Cl. The molecule has 4 aromatic rings. The molecule has 2 aliphatic heterocycles. The summed E-state index contributed by atoms with van der Waals surface area (Å²) in [6.45, 7) is 0.740. The summed E-state index contributed by atoms with van der Waals surface area (Å²) in [4.78, 5) is 59.5. The van der Waals surface area contributed by atoms with Gasteiger partial charge in [0.25, 0.3) is 23.6 Å². The van der Waals surface area contributed by atoms with Crippen LogP contribution in [0.1, 0.15) is 72.2 Å². The Bertz CT molecular complexity index is 1720. The lowest BCUT2D eigenvalue weighted by atomic mass is 9.91. The number of anilines is 2. The van der Waals surface area contributed by atoms with Crippen LogP contribution in [-0.2, 0) is 0 Å². The molecule has 10 heteroatoms. The summed E-state index contributed by atoms with van der Waals surface area (Å²) in [6.07, 6.45) is 3.45. The Morgan fingerprint density at radius 2 is 1.63 bits per heavy atom. The van der Waals surface area contributed by atoms with Gasteiger partial charge in [-0.1, -0.05) is 47.5 Å². The lowest BCUT2D eigenvalue weighted by Gasteiger charge is -2.25. The van der Waals surface area contributed by atoms with Gasteiger partial charge in [0, 0.05) is 30.0 Å². The number of hydrogen-bond acceptors (Lipinski definition) is 5. The third kappa shape index (κ3) is 5.63. The van der Waals surface area contributed by atoms with E-state index in [0.29, 0.717) is 51.7 Å². The van der Waals surface area contributed by atoms with E-state index >= 15 is 0 Å². The molecule has 0 spiro atoms. The van der Waals surface area contributed by atoms with Crippen LogP contribution in [0.4, 0.5) is 11.5 Å². The van der Waals surface area contributed by atoms with Crippen LogP contribution in [0.2, 0.25) is 10.0 Å². The predicted octanol–water partition coefficient (Wildman–Crippen LogP) is 6.85. The standard InChI is InChI=1S/C33H26Cl2N4O4/c34-22-12-13-28-26(18-22)20(15-17-39-32(42)23-7-1-2-8-24(23)33(39)43)6-5-16-38(28)31(41)21-11-14-29(36-19-21)37-30(40)25-9-3-4-10-27(25)35/h1-4,7-14,18-20H,5-6,15-17H2,(H,36,37,40). The summed E-state index contributed by atoms with van der Waals surface area (Å²) in [6, 6.07) is 22.2. The summed E-state index contributed by atoms with van der Waals surface area (Å²) < 4.78 is 0. The van der Waals surface area contributed by atoms with Gasteiger partial charge < -0.3 is 10.2 Å². The van der Waals surface area contributed by atoms with Crippen LogP contribution in [-0.4, -0.2) is 46.6 Å². The first kappa shape index (κ1) is 28.6. The molecule has 1 N–H and O–H groups in total. The van der Waals surface area contributed by atoms with Gasteiger partial charge in [-0.15, -0.1) is 0 Å². The zero-order valence-electron chi connectivity index (χ0n) is 22.9. The number of hydrogen-bond donors (Lipinski definition) is 1. The molecule has 0 aliphatic carbocycles. The van der Waals surface area contributed by atoms with Crippen molar-refractivity contribution in [3.63, 3.8) is 0 Å². The maximum Gasteiger partial charge on any atom is 0.261 e. The van der Waals surface area contributed by atoms with E-state index < -0.39 is 5.91 Å². The number of benzene rings is 3. The molecule has 4 amide bonds. The second kappa shape index (κ2) is 12.0. The zero-order valence-corrected chi connectivity index (χ0v) is 24.4. The number of rotatable bonds is 6. The van der Waals surface area contributed by atoms with Crippen LogP contribution in [0, 0.1) is 0 Å². The van der Waals surface area contributed by atoms with Crippen LogP contribution in [0.5, 0.6) is 0 Å². The van der Waals surface area contributed by atoms with E-state index in [2.05, 4.69) is 10.3 Å². The Hall–Kier alpha value is -4.53. The number of pyridine rings is 1. The molecule has 43 heavy (non-hydrogen) atoms. The first-order valence-corrected chi connectivity index (χ1v) is 14.7. The van der Waals surface area contributed by atoms with Gasteiger partial charge in [-0.3, -0.25) is 24.1 Å². The first-order chi connectivity index (χ1) is 20.8. The molecule has 8 nitrogen and oxygen atoms in total. The number of imide groups is 1. The van der Waals surface area contributed by atoms with Crippen molar-refractivity contribution in [2.75, 3.05) is 23.3 Å². The minimum absolute atomic E-state index is 0.0173. The Kier molecular flexibility index (Phi) is 7.97. The minimum Gasteiger partial charge on any atom is -0.308 e. The number of amides is 4. The van der Waals surface area contributed by atoms with E-state index in [9.17, 15) is 19.2 Å². The minimum atomic E-state index is -0.400. The van der Waals surface area contributed by atoms with Gasteiger partial charge in [0.15, 0.2) is 0 Å². The maximum atomic E-state index is 13.7.